The van der Waals surface area contributed by atoms with Gasteiger partial charge in [-0.15, -0.1) is 0 Å². The van der Waals surface area contributed by atoms with Crippen LogP contribution in [0.3, 0.4) is 0 Å². The highest BCUT2D eigenvalue weighted by atomic mass is 16.4. The van der Waals surface area contributed by atoms with Crippen molar-refractivity contribution in [2.45, 2.75) is 26.2 Å². The van der Waals surface area contributed by atoms with Gasteiger partial charge in [0.1, 0.15) is 17.5 Å². The number of hydrogen-bond donors (Lipinski definition) is 0. The average Bonchev–Trinajstić information content (AvgIpc) is 3.36. The lowest BCUT2D eigenvalue weighted by Gasteiger charge is -2.22. The molecule has 0 atom stereocenters. The quantitative estimate of drug-likeness (QED) is 0.236. The van der Waals surface area contributed by atoms with Crippen LogP contribution in [0.1, 0.15) is 31.9 Å². The van der Waals surface area contributed by atoms with Crippen molar-refractivity contribution in [2.24, 2.45) is 9.98 Å². The molecule has 2 heterocycles. The zero-order chi connectivity index (χ0) is 20.7. The molecular weight excluding hydrogens is 372 g/mol. The number of nitrogens with zero attached hydrogens (tertiary/aromatic N) is 2. The molecule has 0 unspecified atom stereocenters. The van der Waals surface area contributed by atoms with E-state index in [4.69, 9.17) is 8.83 Å². The monoisotopic (exact) mass is 394 g/mol. The van der Waals surface area contributed by atoms with Gasteiger partial charge in [0, 0.05) is 17.7 Å². The molecule has 0 bridgehead atoms. The second-order valence-electron chi connectivity index (χ2n) is 8.46. The van der Waals surface area contributed by atoms with E-state index in [-0.39, 0.29) is 5.41 Å². The maximum atomic E-state index is 5.79. The molecule has 0 N–H and O–H groups in total. The molecule has 0 aliphatic heterocycles. The maximum Gasteiger partial charge on any atom is 0.221 e. The van der Waals surface area contributed by atoms with Gasteiger partial charge in [-0.1, -0.05) is 45.0 Å². The zero-order valence-corrected chi connectivity index (χ0v) is 17.2. The average molecular weight is 394 g/mol. The van der Waals surface area contributed by atoms with Crippen LogP contribution in [0.15, 0.2) is 85.7 Å². The number of hydrogen-bond acceptors (Lipinski definition) is 3. The second-order valence-corrected chi connectivity index (χ2v) is 8.46. The van der Waals surface area contributed by atoms with E-state index in [0.29, 0.717) is 5.88 Å². The summed E-state index contributed by atoms with van der Waals surface area (Å²) in [6.07, 6.45) is 5.03. The van der Waals surface area contributed by atoms with Gasteiger partial charge in [0.05, 0.1) is 11.6 Å². The molecule has 0 spiro atoms. The van der Waals surface area contributed by atoms with Gasteiger partial charge >= 0.3 is 0 Å². The van der Waals surface area contributed by atoms with Gasteiger partial charge in [-0.3, -0.25) is 0 Å². The summed E-state index contributed by atoms with van der Waals surface area (Å²) >= 11 is 0. The summed E-state index contributed by atoms with van der Waals surface area (Å²) in [4.78, 5) is 8.74. The standard InChI is InChI=1S/C26H22N2O2/c1-26(2,3)22-13-17(12-19-6-4-5-7-20(19)22)15-27-16-28-24-14-21-23(30-24)9-8-18-10-11-29-25(18)21/h4-16H,1-3H3/b27-15?,28-16-. The van der Waals surface area contributed by atoms with Crippen molar-refractivity contribution in [1.82, 2.24) is 0 Å². The van der Waals surface area contributed by atoms with Crippen molar-refractivity contribution >= 4 is 51.1 Å². The molecule has 5 rings (SSSR count). The normalized spacial score (nSPS) is 12.9. The molecule has 0 aliphatic rings. The maximum absolute atomic E-state index is 5.79. The van der Waals surface area contributed by atoms with Gasteiger partial charge in [-0.2, -0.15) is 0 Å². The molecule has 4 nitrogen and oxygen atoms in total. The summed E-state index contributed by atoms with van der Waals surface area (Å²) in [5.41, 5.74) is 3.96. The SMILES string of the molecule is CC(C)(C)c1cc(C=N/C=N\c2cc3c(ccc4ccoc43)o2)cc2ccccc12. The lowest BCUT2D eigenvalue weighted by Crippen LogP contribution is -2.12. The Morgan fingerprint density at radius 3 is 2.60 bits per heavy atom. The first-order chi connectivity index (χ1) is 14.5. The predicted octanol–water partition coefficient (Wildman–Crippen LogP) is 7.41. The molecule has 0 amide bonds. The van der Waals surface area contributed by atoms with E-state index in [0.717, 1.165) is 27.5 Å². The molecule has 0 fully saturated rings. The molecule has 0 radical (unpaired) electrons. The number of benzene rings is 3. The molecule has 0 saturated carbocycles. The largest absolute Gasteiger partial charge is 0.464 e. The minimum Gasteiger partial charge on any atom is -0.464 e. The summed E-state index contributed by atoms with van der Waals surface area (Å²) in [5.74, 6) is 0.500. The van der Waals surface area contributed by atoms with E-state index in [2.05, 4.69) is 67.2 Å². The van der Waals surface area contributed by atoms with Crippen molar-refractivity contribution in [2.75, 3.05) is 0 Å². The van der Waals surface area contributed by atoms with Crippen molar-refractivity contribution in [1.29, 1.82) is 0 Å². The first-order valence-corrected chi connectivity index (χ1v) is 9.98. The Labute approximate surface area is 174 Å². The van der Waals surface area contributed by atoms with E-state index >= 15 is 0 Å². The second kappa shape index (κ2) is 6.99. The van der Waals surface area contributed by atoms with Crippen LogP contribution in [0.25, 0.3) is 32.7 Å². The van der Waals surface area contributed by atoms with Crippen LogP contribution < -0.4 is 0 Å². The van der Waals surface area contributed by atoms with Crippen molar-refractivity contribution in [3.8, 4) is 0 Å². The van der Waals surface area contributed by atoms with Crippen LogP contribution in [-0.2, 0) is 5.41 Å². The molecule has 5 aromatic rings. The van der Waals surface area contributed by atoms with Crippen LogP contribution in [0, 0.1) is 0 Å². The van der Waals surface area contributed by atoms with Crippen molar-refractivity contribution in [3.63, 3.8) is 0 Å². The Morgan fingerprint density at radius 2 is 1.73 bits per heavy atom. The van der Waals surface area contributed by atoms with Crippen LogP contribution in [0.5, 0.6) is 0 Å². The Kier molecular flexibility index (Phi) is 4.28. The highest BCUT2D eigenvalue weighted by molar-refractivity contribution is 6.03. The van der Waals surface area contributed by atoms with Gasteiger partial charge in [0.15, 0.2) is 0 Å². The van der Waals surface area contributed by atoms with Crippen LogP contribution >= 0.6 is 0 Å². The first-order valence-electron chi connectivity index (χ1n) is 9.98. The minimum atomic E-state index is 0.0446. The fourth-order valence-electron chi connectivity index (χ4n) is 3.83. The summed E-state index contributed by atoms with van der Waals surface area (Å²) in [5, 5.41) is 4.45. The molecule has 148 valence electrons. The predicted molar refractivity (Wildman–Crippen MR) is 124 cm³/mol. The Balaban J connectivity index is 1.45. The Morgan fingerprint density at radius 1 is 0.867 bits per heavy atom. The van der Waals surface area contributed by atoms with Gasteiger partial charge in [0.25, 0.3) is 0 Å². The highest BCUT2D eigenvalue weighted by Gasteiger charge is 2.17. The van der Waals surface area contributed by atoms with Gasteiger partial charge in [-0.05, 0) is 57.6 Å². The first kappa shape index (κ1) is 18.4. The summed E-state index contributed by atoms with van der Waals surface area (Å²) in [6.45, 7) is 6.69. The fourth-order valence-corrected chi connectivity index (χ4v) is 3.83. The fraction of sp³-hybridized carbons (Fsp3) is 0.154. The van der Waals surface area contributed by atoms with Crippen molar-refractivity contribution in [3.05, 3.63) is 78.1 Å². The summed E-state index contributed by atoms with van der Waals surface area (Å²) in [7, 11) is 0. The number of fused-ring (bicyclic) bond motifs is 4. The zero-order valence-electron chi connectivity index (χ0n) is 17.2. The van der Waals surface area contributed by atoms with E-state index in [1.165, 1.54) is 22.7 Å². The Hall–Kier alpha value is -3.66. The van der Waals surface area contributed by atoms with Gasteiger partial charge < -0.3 is 8.83 Å². The van der Waals surface area contributed by atoms with E-state index < -0.39 is 0 Å². The topological polar surface area (TPSA) is 51.0 Å². The molecule has 4 heteroatoms. The molecule has 0 saturated heterocycles. The van der Waals surface area contributed by atoms with Crippen molar-refractivity contribution < 1.29 is 8.83 Å². The Bertz CT molecular complexity index is 1430. The lowest BCUT2D eigenvalue weighted by atomic mass is 9.83. The number of rotatable bonds is 3. The summed E-state index contributed by atoms with van der Waals surface area (Å²) in [6, 6.07) is 20.5. The van der Waals surface area contributed by atoms with Crippen LogP contribution in [-0.4, -0.2) is 12.6 Å². The lowest BCUT2D eigenvalue weighted by molar-refractivity contribution is 0.596. The van der Waals surface area contributed by atoms with E-state index in [1.807, 2.05) is 30.5 Å². The third-order valence-electron chi connectivity index (χ3n) is 5.27. The molecule has 30 heavy (non-hydrogen) atoms. The van der Waals surface area contributed by atoms with E-state index in [9.17, 15) is 0 Å². The summed E-state index contributed by atoms with van der Waals surface area (Å²) < 4.78 is 11.3. The smallest absolute Gasteiger partial charge is 0.221 e. The molecule has 2 aromatic heterocycles. The molecule has 0 aliphatic carbocycles. The highest BCUT2D eigenvalue weighted by Crippen LogP contribution is 2.32. The van der Waals surface area contributed by atoms with Gasteiger partial charge in [0.2, 0.25) is 5.88 Å². The molecular formula is C26H22N2O2. The number of aliphatic imine (C=N–C) groups is 2. The van der Waals surface area contributed by atoms with Crippen LogP contribution in [0.2, 0.25) is 0 Å². The third kappa shape index (κ3) is 3.30. The van der Waals surface area contributed by atoms with Gasteiger partial charge in [-0.25, -0.2) is 9.98 Å². The number of furan rings is 2. The van der Waals surface area contributed by atoms with Crippen LogP contribution in [0.4, 0.5) is 5.88 Å². The van der Waals surface area contributed by atoms with E-state index in [1.54, 1.807) is 6.26 Å². The minimum absolute atomic E-state index is 0.0446. The molecule has 3 aromatic carbocycles. The third-order valence-corrected chi connectivity index (χ3v) is 5.27.